The van der Waals surface area contributed by atoms with Gasteiger partial charge < -0.3 is 4.57 Å². The minimum absolute atomic E-state index is 0.422. The summed E-state index contributed by atoms with van der Waals surface area (Å²) in [4.78, 5) is 11.0. The molecular formula is C14H20N6. The lowest BCUT2D eigenvalue weighted by atomic mass is 10.2. The maximum Gasteiger partial charge on any atom is 0.147 e. The predicted octanol–water partition coefficient (Wildman–Crippen LogP) is 1.52. The van der Waals surface area contributed by atoms with Crippen molar-refractivity contribution in [1.82, 2.24) is 29.6 Å². The summed E-state index contributed by atoms with van der Waals surface area (Å²) in [7, 11) is 0. The number of rotatable bonds is 3. The van der Waals surface area contributed by atoms with Gasteiger partial charge in [0.1, 0.15) is 11.6 Å². The van der Waals surface area contributed by atoms with Gasteiger partial charge in [-0.2, -0.15) is 0 Å². The molecule has 1 aliphatic rings. The van der Waals surface area contributed by atoms with Gasteiger partial charge in [-0.25, -0.2) is 0 Å². The number of hydrogen-bond donors (Lipinski definition) is 0. The molecule has 0 bridgehead atoms. The van der Waals surface area contributed by atoms with Crippen LogP contribution in [0.25, 0.3) is 0 Å². The number of hydrogen-bond acceptors (Lipinski definition) is 5. The van der Waals surface area contributed by atoms with Gasteiger partial charge in [-0.1, -0.05) is 13.8 Å². The van der Waals surface area contributed by atoms with Gasteiger partial charge in [0.2, 0.25) is 0 Å². The van der Waals surface area contributed by atoms with Crippen LogP contribution in [0.2, 0.25) is 0 Å². The molecular weight excluding hydrogens is 252 g/mol. The Bertz CT molecular complexity index is 586. The molecule has 0 amide bonds. The molecule has 0 N–H and O–H groups in total. The van der Waals surface area contributed by atoms with Gasteiger partial charge in [0.15, 0.2) is 0 Å². The summed E-state index contributed by atoms with van der Waals surface area (Å²) < 4.78 is 2.25. The Hall–Kier alpha value is -1.82. The molecule has 6 heteroatoms. The Kier molecular flexibility index (Phi) is 3.48. The maximum absolute atomic E-state index is 4.41. The summed E-state index contributed by atoms with van der Waals surface area (Å²) in [5, 5.41) is 8.63. The van der Waals surface area contributed by atoms with E-state index in [9.17, 15) is 0 Å². The van der Waals surface area contributed by atoms with Crippen LogP contribution in [-0.4, -0.2) is 36.2 Å². The highest BCUT2D eigenvalue weighted by Crippen LogP contribution is 2.19. The van der Waals surface area contributed by atoms with E-state index in [0.717, 1.165) is 49.2 Å². The Balaban J connectivity index is 1.71. The number of nitrogens with zero attached hydrogens (tertiary/aromatic N) is 6. The van der Waals surface area contributed by atoms with E-state index in [0.29, 0.717) is 5.92 Å². The number of fused-ring (bicyclic) bond motifs is 1. The van der Waals surface area contributed by atoms with Crippen LogP contribution in [0, 0.1) is 6.92 Å². The van der Waals surface area contributed by atoms with Gasteiger partial charge in [-0.05, 0) is 6.92 Å². The van der Waals surface area contributed by atoms with Crippen molar-refractivity contribution in [3.05, 3.63) is 35.4 Å². The minimum atomic E-state index is 0.422. The SMILES string of the molecule is Cc1cnc(CN2CCn3c(nnc3C(C)C)C2)cn1. The van der Waals surface area contributed by atoms with Crippen LogP contribution >= 0.6 is 0 Å². The highest BCUT2D eigenvalue weighted by molar-refractivity contribution is 5.05. The van der Waals surface area contributed by atoms with Gasteiger partial charge >= 0.3 is 0 Å². The van der Waals surface area contributed by atoms with Gasteiger partial charge in [0.25, 0.3) is 0 Å². The highest BCUT2D eigenvalue weighted by atomic mass is 15.3. The smallest absolute Gasteiger partial charge is 0.147 e. The molecule has 6 nitrogen and oxygen atoms in total. The van der Waals surface area contributed by atoms with Gasteiger partial charge in [-0.15, -0.1) is 10.2 Å². The van der Waals surface area contributed by atoms with Gasteiger partial charge in [0, 0.05) is 37.9 Å². The van der Waals surface area contributed by atoms with Gasteiger partial charge in [0.05, 0.1) is 17.9 Å². The Morgan fingerprint density at radius 1 is 1.15 bits per heavy atom. The summed E-state index contributed by atoms with van der Waals surface area (Å²) in [6.45, 7) is 9.87. The Morgan fingerprint density at radius 2 is 2.00 bits per heavy atom. The fourth-order valence-corrected chi connectivity index (χ4v) is 2.52. The molecule has 0 radical (unpaired) electrons. The van der Waals surface area contributed by atoms with Crippen molar-refractivity contribution in [2.45, 2.75) is 46.3 Å². The first kappa shape index (κ1) is 13.2. The third-order valence-corrected chi connectivity index (χ3v) is 3.60. The first-order valence-electron chi connectivity index (χ1n) is 7.05. The van der Waals surface area contributed by atoms with E-state index in [1.165, 1.54) is 0 Å². The van der Waals surface area contributed by atoms with Crippen LogP contribution in [0.3, 0.4) is 0 Å². The molecule has 3 heterocycles. The van der Waals surface area contributed by atoms with Crippen LogP contribution in [0.1, 0.15) is 42.8 Å². The van der Waals surface area contributed by atoms with E-state index in [-0.39, 0.29) is 0 Å². The first-order valence-corrected chi connectivity index (χ1v) is 7.05. The molecule has 0 atom stereocenters. The zero-order valence-corrected chi connectivity index (χ0v) is 12.2. The average molecular weight is 272 g/mol. The van der Waals surface area contributed by atoms with Crippen LogP contribution in [0.15, 0.2) is 12.4 Å². The van der Waals surface area contributed by atoms with E-state index in [1.807, 2.05) is 19.3 Å². The molecule has 106 valence electrons. The van der Waals surface area contributed by atoms with Crippen molar-refractivity contribution in [3.63, 3.8) is 0 Å². The third-order valence-electron chi connectivity index (χ3n) is 3.60. The minimum Gasteiger partial charge on any atom is -0.312 e. The van der Waals surface area contributed by atoms with E-state index in [4.69, 9.17) is 0 Å². The summed E-state index contributed by atoms with van der Waals surface area (Å²) in [5.74, 6) is 2.57. The molecule has 2 aromatic rings. The molecule has 0 fully saturated rings. The quantitative estimate of drug-likeness (QED) is 0.847. The van der Waals surface area contributed by atoms with E-state index in [2.05, 4.69) is 43.5 Å². The second-order valence-corrected chi connectivity index (χ2v) is 5.64. The molecule has 0 spiro atoms. The molecule has 0 aromatic carbocycles. The van der Waals surface area contributed by atoms with Crippen molar-refractivity contribution in [1.29, 1.82) is 0 Å². The number of aryl methyl sites for hydroxylation is 1. The van der Waals surface area contributed by atoms with Crippen LogP contribution in [0.4, 0.5) is 0 Å². The second-order valence-electron chi connectivity index (χ2n) is 5.64. The summed E-state index contributed by atoms with van der Waals surface area (Å²) in [6, 6.07) is 0. The van der Waals surface area contributed by atoms with Crippen LogP contribution in [-0.2, 0) is 19.6 Å². The van der Waals surface area contributed by atoms with E-state index in [1.54, 1.807) is 0 Å². The van der Waals surface area contributed by atoms with Crippen molar-refractivity contribution < 1.29 is 0 Å². The zero-order valence-electron chi connectivity index (χ0n) is 12.2. The highest BCUT2D eigenvalue weighted by Gasteiger charge is 2.22. The zero-order chi connectivity index (χ0) is 14.1. The second kappa shape index (κ2) is 5.28. The molecule has 0 saturated heterocycles. The maximum atomic E-state index is 4.41. The topological polar surface area (TPSA) is 59.7 Å². The van der Waals surface area contributed by atoms with E-state index < -0.39 is 0 Å². The summed E-state index contributed by atoms with van der Waals surface area (Å²) in [6.07, 6.45) is 3.67. The van der Waals surface area contributed by atoms with E-state index >= 15 is 0 Å². The molecule has 0 unspecified atom stereocenters. The summed E-state index contributed by atoms with van der Waals surface area (Å²) in [5.41, 5.74) is 1.96. The number of aromatic nitrogens is 5. The molecule has 1 aliphatic heterocycles. The molecule has 0 saturated carbocycles. The molecule has 20 heavy (non-hydrogen) atoms. The lowest BCUT2D eigenvalue weighted by Crippen LogP contribution is -2.34. The van der Waals surface area contributed by atoms with Crippen molar-refractivity contribution in [2.24, 2.45) is 0 Å². The fourth-order valence-electron chi connectivity index (χ4n) is 2.52. The molecule has 0 aliphatic carbocycles. The summed E-state index contributed by atoms with van der Waals surface area (Å²) >= 11 is 0. The van der Waals surface area contributed by atoms with Crippen molar-refractivity contribution in [2.75, 3.05) is 6.54 Å². The monoisotopic (exact) mass is 272 g/mol. The molecule has 3 rings (SSSR count). The average Bonchev–Trinajstić information content (AvgIpc) is 2.84. The first-order chi connectivity index (χ1) is 9.63. The Morgan fingerprint density at radius 3 is 2.70 bits per heavy atom. The third kappa shape index (κ3) is 2.56. The lowest BCUT2D eigenvalue weighted by molar-refractivity contribution is 0.204. The fraction of sp³-hybridized carbons (Fsp3) is 0.571. The normalized spacial score (nSPS) is 15.6. The van der Waals surface area contributed by atoms with Crippen LogP contribution < -0.4 is 0 Å². The van der Waals surface area contributed by atoms with Crippen LogP contribution in [0.5, 0.6) is 0 Å². The molecule has 2 aromatic heterocycles. The largest absolute Gasteiger partial charge is 0.312 e. The lowest BCUT2D eigenvalue weighted by Gasteiger charge is -2.27. The van der Waals surface area contributed by atoms with Crippen molar-refractivity contribution >= 4 is 0 Å². The van der Waals surface area contributed by atoms with Crippen molar-refractivity contribution in [3.8, 4) is 0 Å². The Labute approximate surface area is 118 Å². The standard InChI is InChI=1S/C14H20N6/c1-10(2)14-18-17-13-9-19(4-5-20(13)14)8-12-7-15-11(3)6-16-12/h6-7,10H,4-5,8-9H2,1-3H3. The predicted molar refractivity (Wildman–Crippen MR) is 75.0 cm³/mol. The van der Waals surface area contributed by atoms with Gasteiger partial charge in [-0.3, -0.25) is 14.9 Å².